The van der Waals surface area contributed by atoms with Crippen molar-refractivity contribution in [1.29, 1.82) is 0 Å². The Bertz CT molecular complexity index is 364. The lowest BCUT2D eigenvalue weighted by Crippen LogP contribution is -2.10. The van der Waals surface area contributed by atoms with Crippen molar-refractivity contribution in [3.05, 3.63) is 34.9 Å². The summed E-state index contributed by atoms with van der Waals surface area (Å²) in [6.45, 7) is 9.10. The van der Waals surface area contributed by atoms with Gasteiger partial charge in [-0.1, -0.05) is 74.7 Å². The second kappa shape index (κ2) is 8.79. The molecule has 1 heteroatoms. The minimum Gasteiger partial charge on any atom is -0.0836 e. The van der Waals surface area contributed by atoms with Crippen LogP contribution >= 0.6 is 15.9 Å². The van der Waals surface area contributed by atoms with Crippen LogP contribution in [0.25, 0.3) is 0 Å². The first kappa shape index (κ1) is 16.8. The van der Waals surface area contributed by atoms with Crippen LogP contribution in [-0.2, 0) is 12.8 Å². The van der Waals surface area contributed by atoms with E-state index in [-0.39, 0.29) is 0 Å². The van der Waals surface area contributed by atoms with Crippen LogP contribution in [-0.4, -0.2) is 0 Å². The summed E-state index contributed by atoms with van der Waals surface area (Å²) in [5, 5.41) is 0. The van der Waals surface area contributed by atoms with E-state index in [0.29, 0.717) is 4.83 Å². The number of rotatable bonds is 8. The van der Waals surface area contributed by atoms with E-state index in [9.17, 15) is 0 Å². The predicted molar refractivity (Wildman–Crippen MR) is 90.2 cm³/mol. The van der Waals surface area contributed by atoms with Crippen LogP contribution in [0.5, 0.6) is 0 Å². The number of alkyl halides is 1. The zero-order valence-electron chi connectivity index (χ0n) is 13.0. The molecule has 0 radical (unpaired) electrons. The van der Waals surface area contributed by atoms with Crippen molar-refractivity contribution >= 4 is 15.9 Å². The average molecular weight is 325 g/mol. The fourth-order valence-corrected chi connectivity index (χ4v) is 3.83. The molecule has 0 saturated heterocycles. The second-order valence-corrected chi connectivity index (χ2v) is 6.47. The van der Waals surface area contributed by atoms with Gasteiger partial charge in [0.15, 0.2) is 0 Å². The summed E-state index contributed by atoms with van der Waals surface area (Å²) in [5.41, 5.74) is 4.51. The van der Waals surface area contributed by atoms with Gasteiger partial charge in [-0.2, -0.15) is 0 Å². The Morgan fingerprint density at radius 2 is 1.58 bits per heavy atom. The molecular weight excluding hydrogens is 296 g/mol. The molecule has 108 valence electrons. The summed E-state index contributed by atoms with van der Waals surface area (Å²) in [4.78, 5) is 0.522. The van der Waals surface area contributed by atoms with Gasteiger partial charge >= 0.3 is 0 Å². The molecule has 19 heavy (non-hydrogen) atoms. The Morgan fingerprint density at radius 3 is 2.05 bits per heavy atom. The predicted octanol–water partition coefficient (Wildman–Crippen LogP) is 6.46. The molecule has 0 fully saturated rings. The van der Waals surface area contributed by atoms with E-state index in [2.05, 4.69) is 61.8 Å². The molecule has 1 unspecified atom stereocenters. The third kappa shape index (κ3) is 4.63. The van der Waals surface area contributed by atoms with Gasteiger partial charge < -0.3 is 0 Å². The molecule has 0 N–H and O–H groups in total. The van der Waals surface area contributed by atoms with E-state index < -0.39 is 0 Å². The Kier molecular flexibility index (Phi) is 7.75. The minimum absolute atomic E-state index is 0.522. The van der Waals surface area contributed by atoms with Crippen molar-refractivity contribution in [3.63, 3.8) is 0 Å². The Morgan fingerprint density at radius 1 is 0.947 bits per heavy atom. The largest absolute Gasteiger partial charge is 0.0836 e. The summed E-state index contributed by atoms with van der Waals surface area (Å²) >= 11 is 4.01. The van der Waals surface area contributed by atoms with Crippen molar-refractivity contribution in [3.8, 4) is 0 Å². The molecule has 0 aliphatic rings. The first-order valence-corrected chi connectivity index (χ1v) is 8.85. The normalized spacial score (nSPS) is 12.9. The zero-order valence-corrected chi connectivity index (χ0v) is 14.6. The number of aryl methyl sites for hydroxylation is 2. The molecule has 0 heterocycles. The molecular formula is C18H29Br. The van der Waals surface area contributed by atoms with E-state index in [1.165, 1.54) is 42.4 Å². The maximum Gasteiger partial charge on any atom is 0.0426 e. The highest BCUT2D eigenvalue weighted by molar-refractivity contribution is 9.09. The highest BCUT2D eigenvalue weighted by Gasteiger charge is 2.21. The van der Waals surface area contributed by atoms with Crippen LogP contribution < -0.4 is 0 Å². The summed E-state index contributed by atoms with van der Waals surface area (Å²) < 4.78 is 0. The Labute approximate surface area is 128 Å². The molecule has 1 rings (SSSR count). The summed E-state index contributed by atoms with van der Waals surface area (Å²) in [7, 11) is 0. The van der Waals surface area contributed by atoms with Gasteiger partial charge in [0.2, 0.25) is 0 Å². The van der Waals surface area contributed by atoms with E-state index in [0.717, 1.165) is 18.8 Å². The van der Waals surface area contributed by atoms with Crippen LogP contribution in [0.15, 0.2) is 18.2 Å². The van der Waals surface area contributed by atoms with Crippen LogP contribution in [0.2, 0.25) is 0 Å². The fraction of sp³-hybridized carbons (Fsp3) is 0.667. The molecule has 0 aliphatic carbocycles. The molecule has 0 aromatic heterocycles. The first-order valence-electron chi connectivity index (χ1n) is 7.93. The molecule has 0 spiro atoms. The molecule has 1 atom stereocenters. The van der Waals surface area contributed by atoms with Gasteiger partial charge in [0.1, 0.15) is 0 Å². The summed E-state index contributed by atoms with van der Waals surface area (Å²) in [5.74, 6) is 0.771. The van der Waals surface area contributed by atoms with E-state index in [4.69, 9.17) is 0 Å². The van der Waals surface area contributed by atoms with E-state index >= 15 is 0 Å². The van der Waals surface area contributed by atoms with Crippen molar-refractivity contribution in [2.75, 3.05) is 0 Å². The van der Waals surface area contributed by atoms with Gasteiger partial charge in [0.05, 0.1) is 0 Å². The minimum atomic E-state index is 0.522. The van der Waals surface area contributed by atoms with Crippen molar-refractivity contribution in [2.24, 2.45) is 5.92 Å². The molecule has 0 saturated carbocycles. The average Bonchev–Trinajstić information content (AvgIpc) is 2.45. The Hall–Kier alpha value is -0.300. The van der Waals surface area contributed by atoms with Crippen LogP contribution in [0, 0.1) is 5.92 Å². The molecule has 1 aromatic rings. The maximum atomic E-state index is 4.01. The van der Waals surface area contributed by atoms with Crippen LogP contribution in [0.4, 0.5) is 0 Å². The summed E-state index contributed by atoms with van der Waals surface area (Å²) in [6.07, 6.45) is 7.46. The lowest BCUT2D eigenvalue weighted by molar-refractivity contribution is 0.434. The quantitative estimate of drug-likeness (QED) is 0.481. The van der Waals surface area contributed by atoms with Crippen molar-refractivity contribution < 1.29 is 0 Å². The molecule has 0 amide bonds. The molecule has 0 nitrogen and oxygen atoms in total. The maximum absolute atomic E-state index is 4.01. The SMILES string of the molecule is CCCC(CCC)C(Br)c1cc(CC)ccc1CC. The number of benzene rings is 1. The van der Waals surface area contributed by atoms with Crippen LogP contribution in [0.3, 0.4) is 0 Å². The second-order valence-electron chi connectivity index (χ2n) is 5.48. The third-order valence-electron chi connectivity index (χ3n) is 4.03. The van der Waals surface area contributed by atoms with Gasteiger partial charge in [-0.25, -0.2) is 0 Å². The van der Waals surface area contributed by atoms with E-state index in [1.54, 1.807) is 0 Å². The highest BCUT2D eigenvalue weighted by Crippen LogP contribution is 2.39. The summed E-state index contributed by atoms with van der Waals surface area (Å²) in [6, 6.07) is 7.05. The monoisotopic (exact) mass is 324 g/mol. The molecule has 1 aromatic carbocycles. The van der Waals surface area contributed by atoms with Crippen molar-refractivity contribution in [2.45, 2.75) is 71.0 Å². The fourth-order valence-electron chi connectivity index (χ4n) is 2.88. The van der Waals surface area contributed by atoms with E-state index in [1.807, 2.05) is 0 Å². The lowest BCUT2D eigenvalue weighted by Gasteiger charge is -2.24. The van der Waals surface area contributed by atoms with Gasteiger partial charge in [-0.3, -0.25) is 0 Å². The lowest BCUT2D eigenvalue weighted by atomic mass is 9.87. The highest BCUT2D eigenvalue weighted by atomic mass is 79.9. The number of hydrogen-bond donors (Lipinski definition) is 0. The van der Waals surface area contributed by atoms with Gasteiger partial charge in [0, 0.05) is 4.83 Å². The van der Waals surface area contributed by atoms with Gasteiger partial charge in [0.25, 0.3) is 0 Å². The standard InChI is InChI=1S/C18H29Br/c1-5-9-16(10-6-2)18(19)17-13-14(7-3)11-12-15(17)8-4/h11-13,16,18H,5-10H2,1-4H3. The van der Waals surface area contributed by atoms with Gasteiger partial charge in [-0.05, 0) is 48.3 Å². The zero-order chi connectivity index (χ0) is 14.3. The van der Waals surface area contributed by atoms with Gasteiger partial charge in [-0.15, -0.1) is 0 Å². The topological polar surface area (TPSA) is 0 Å². The van der Waals surface area contributed by atoms with Crippen molar-refractivity contribution in [1.82, 2.24) is 0 Å². The molecule has 0 aliphatic heterocycles. The smallest absolute Gasteiger partial charge is 0.0426 e. The molecule has 0 bridgehead atoms. The number of hydrogen-bond acceptors (Lipinski definition) is 0. The number of halogens is 1. The Balaban J connectivity index is 3.02. The van der Waals surface area contributed by atoms with Crippen LogP contribution in [0.1, 0.15) is 74.9 Å². The third-order valence-corrected chi connectivity index (χ3v) is 5.27. The first-order chi connectivity index (χ1) is 9.17.